The maximum Gasteiger partial charge on any atom is 0.0124 e. The highest BCUT2D eigenvalue weighted by Crippen LogP contribution is 2.41. The van der Waals surface area contributed by atoms with Crippen LogP contribution in [0.3, 0.4) is 0 Å². The molecule has 0 aliphatic carbocycles. The minimum atomic E-state index is 0.844. The van der Waals surface area contributed by atoms with Crippen LogP contribution in [0.25, 0.3) is 0 Å². The van der Waals surface area contributed by atoms with Crippen LogP contribution in [0.5, 0.6) is 0 Å². The Morgan fingerprint density at radius 2 is 1.69 bits per heavy atom. The molecule has 0 amide bonds. The molecular formula is C14H19NS. The molecule has 1 aromatic rings. The summed E-state index contributed by atoms with van der Waals surface area (Å²) in [5, 5.41) is 0.844. The molecular weight excluding hydrogens is 214 g/mol. The first-order chi connectivity index (χ1) is 7.83. The number of piperidine rings is 1. The molecule has 86 valence electrons. The van der Waals surface area contributed by atoms with Gasteiger partial charge in [0.15, 0.2) is 0 Å². The van der Waals surface area contributed by atoms with E-state index < -0.39 is 0 Å². The molecule has 0 spiro atoms. The summed E-state index contributed by atoms with van der Waals surface area (Å²) in [6.07, 6.45) is 5.61. The zero-order valence-electron chi connectivity index (χ0n) is 9.80. The Hall–Kier alpha value is -0.470. The first-order valence-electron chi connectivity index (χ1n) is 6.26. The van der Waals surface area contributed by atoms with Gasteiger partial charge in [-0.3, -0.25) is 0 Å². The van der Waals surface area contributed by atoms with Crippen LogP contribution in [0.1, 0.15) is 25.7 Å². The lowest BCUT2D eigenvalue weighted by Crippen LogP contribution is -2.40. The van der Waals surface area contributed by atoms with E-state index in [1.54, 1.807) is 0 Å². The number of hydrogen-bond donors (Lipinski definition) is 0. The smallest absolute Gasteiger partial charge is 0.0124 e. The molecule has 2 saturated heterocycles. The van der Waals surface area contributed by atoms with Crippen molar-refractivity contribution in [1.29, 1.82) is 0 Å². The Bertz CT molecular complexity index is 337. The number of hydrogen-bond acceptors (Lipinski definition) is 2. The van der Waals surface area contributed by atoms with Crippen molar-refractivity contribution in [2.75, 3.05) is 7.05 Å². The third-order valence-electron chi connectivity index (χ3n) is 4.10. The molecule has 1 aromatic carbocycles. The zero-order valence-corrected chi connectivity index (χ0v) is 10.6. The molecule has 0 radical (unpaired) electrons. The largest absolute Gasteiger partial charge is 0.300 e. The van der Waals surface area contributed by atoms with E-state index in [0.717, 1.165) is 17.3 Å². The first kappa shape index (κ1) is 10.7. The summed E-state index contributed by atoms with van der Waals surface area (Å²) in [5.74, 6) is 0. The zero-order chi connectivity index (χ0) is 11.0. The molecule has 0 N–H and O–H groups in total. The van der Waals surface area contributed by atoms with E-state index in [9.17, 15) is 0 Å². The highest BCUT2D eigenvalue weighted by Gasteiger charge is 2.38. The van der Waals surface area contributed by atoms with Crippen molar-refractivity contribution in [2.24, 2.45) is 0 Å². The van der Waals surface area contributed by atoms with Gasteiger partial charge < -0.3 is 4.90 Å². The summed E-state index contributed by atoms with van der Waals surface area (Å²) in [6, 6.07) is 12.6. The van der Waals surface area contributed by atoms with Gasteiger partial charge in [-0.15, -0.1) is 11.8 Å². The predicted octanol–water partition coefficient (Wildman–Crippen LogP) is 3.40. The topological polar surface area (TPSA) is 3.24 Å². The number of fused-ring (bicyclic) bond motifs is 2. The second-order valence-electron chi connectivity index (χ2n) is 5.07. The van der Waals surface area contributed by atoms with Gasteiger partial charge in [-0.2, -0.15) is 0 Å². The van der Waals surface area contributed by atoms with E-state index in [0.29, 0.717) is 0 Å². The van der Waals surface area contributed by atoms with Crippen LogP contribution in [0.15, 0.2) is 35.2 Å². The van der Waals surface area contributed by atoms with Gasteiger partial charge in [-0.05, 0) is 44.9 Å². The van der Waals surface area contributed by atoms with E-state index in [1.165, 1.54) is 30.6 Å². The summed E-state index contributed by atoms with van der Waals surface area (Å²) < 4.78 is 0. The molecule has 0 aromatic heterocycles. The molecule has 2 heteroatoms. The Kier molecular flexibility index (Phi) is 2.95. The Morgan fingerprint density at radius 1 is 1.06 bits per heavy atom. The van der Waals surface area contributed by atoms with Crippen LogP contribution in [-0.4, -0.2) is 29.3 Å². The number of benzene rings is 1. The van der Waals surface area contributed by atoms with Crippen LogP contribution < -0.4 is 0 Å². The molecule has 3 rings (SSSR count). The molecule has 1 nitrogen and oxygen atoms in total. The van der Waals surface area contributed by atoms with Crippen LogP contribution >= 0.6 is 11.8 Å². The maximum absolute atomic E-state index is 2.61. The van der Waals surface area contributed by atoms with Crippen molar-refractivity contribution in [3.8, 4) is 0 Å². The molecule has 0 saturated carbocycles. The average Bonchev–Trinajstić information content (AvgIpc) is 2.54. The van der Waals surface area contributed by atoms with Crippen molar-refractivity contribution in [1.82, 2.24) is 4.90 Å². The number of thioether (sulfide) groups is 1. The molecule has 1 unspecified atom stereocenters. The average molecular weight is 233 g/mol. The fraction of sp³-hybridized carbons (Fsp3) is 0.571. The van der Waals surface area contributed by atoms with E-state index in [4.69, 9.17) is 0 Å². The molecule has 2 bridgehead atoms. The molecule has 16 heavy (non-hydrogen) atoms. The first-order valence-corrected chi connectivity index (χ1v) is 7.14. The lowest BCUT2D eigenvalue weighted by Gasteiger charge is -2.36. The quantitative estimate of drug-likeness (QED) is 0.770. The summed E-state index contributed by atoms with van der Waals surface area (Å²) in [4.78, 5) is 4.05. The highest BCUT2D eigenvalue weighted by atomic mass is 32.2. The minimum Gasteiger partial charge on any atom is -0.300 e. The van der Waals surface area contributed by atoms with Gasteiger partial charge >= 0.3 is 0 Å². The fourth-order valence-corrected chi connectivity index (χ4v) is 4.49. The highest BCUT2D eigenvalue weighted by molar-refractivity contribution is 8.00. The van der Waals surface area contributed by atoms with Crippen molar-refractivity contribution in [3.05, 3.63) is 30.3 Å². The van der Waals surface area contributed by atoms with E-state index in [2.05, 4.69) is 54.0 Å². The predicted molar refractivity (Wildman–Crippen MR) is 69.9 cm³/mol. The summed E-state index contributed by atoms with van der Waals surface area (Å²) >= 11 is 2.09. The number of nitrogens with zero attached hydrogens (tertiary/aromatic N) is 1. The maximum atomic E-state index is 2.61. The van der Waals surface area contributed by atoms with Gasteiger partial charge in [0.1, 0.15) is 0 Å². The van der Waals surface area contributed by atoms with Gasteiger partial charge in [0.05, 0.1) is 0 Å². The molecule has 2 aliphatic rings. The second kappa shape index (κ2) is 4.42. The van der Waals surface area contributed by atoms with Gasteiger partial charge in [0.25, 0.3) is 0 Å². The summed E-state index contributed by atoms with van der Waals surface area (Å²) in [5.41, 5.74) is 0. The Balaban J connectivity index is 1.66. The molecule has 3 atom stereocenters. The van der Waals surface area contributed by atoms with Crippen molar-refractivity contribution >= 4 is 11.8 Å². The lowest BCUT2D eigenvalue weighted by atomic mass is 10.0. The van der Waals surface area contributed by atoms with Gasteiger partial charge in [0.2, 0.25) is 0 Å². The van der Waals surface area contributed by atoms with Gasteiger partial charge in [0, 0.05) is 22.2 Å². The van der Waals surface area contributed by atoms with Crippen LogP contribution in [0, 0.1) is 0 Å². The monoisotopic (exact) mass is 233 g/mol. The summed E-state index contributed by atoms with van der Waals surface area (Å²) in [6.45, 7) is 0. The van der Waals surface area contributed by atoms with Crippen LogP contribution in [0.2, 0.25) is 0 Å². The van der Waals surface area contributed by atoms with E-state index in [1.807, 2.05) is 0 Å². The second-order valence-corrected chi connectivity index (χ2v) is 6.45. The Labute approximate surface area is 102 Å². The fourth-order valence-electron chi connectivity index (χ4n) is 3.15. The molecule has 2 aliphatic heterocycles. The molecule has 2 fully saturated rings. The van der Waals surface area contributed by atoms with Crippen molar-refractivity contribution < 1.29 is 0 Å². The van der Waals surface area contributed by atoms with Gasteiger partial charge in [-0.1, -0.05) is 18.2 Å². The van der Waals surface area contributed by atoms with Gasteiger partial charge in [-0.25, -0.2) is 0 Å². The standard InChI is InChI=1S/C14H19NS/c1-15-11-7-8-12(15)10-14(9-11)16-13-5-3-2-4-6-13/h2-6,11-12,14H,7-10H2,1H3/t11-,12+,14?. The SMILES string of the molecule is CN1[C@@H]2CC[C@H]1CC(Sc1ccccc1)C2. The minimum absolute atomic E-state index is 0.844. The van der Waals surface area contributed by atoms with Crippen LogP contribution in [-0.2, 0) is 0 Å². The van der Waals surface area contributed by atoms with Crippen LogP contribution in [0.4, 0.5) is 0 Å². The van der Waals surface area contributed by atoms with Crippen molar-refractivity contribution in [2.45, 2.75) is 47.9 Å². The van der Waals surface area contributed by atoms with Crippen molar-refractivity contribution in [3.63, 3.8) is 0 Å². The molecule has 2 heterocycles. The normalized spacial score (nSPS) is 34.2. The number of rotatable bonds is 2. The third kappa shape index (κ3) is 2.01. The van der Waals surface area contributed by atoms with E-state index >= 15 is 0 Å². The third-order valence-corrected chi connectivity index (χ3v) is 5.36. The Morgan fingerprint density at radius 3 is 2.31 bits per heavy atom. The summed E-state index contributed by atoms with van der Waals surface area (Å²) in [7, 11) is 2.31. The van der Waals surface area contributed by atoms with E-state index in [-0.39, 0.29) is 0 Å². The lowest BCUT2D eigenvalue weighted by molar-refractivity contribution is 0.183.